The highest BCUT2D eigenvalue weighted by Crippen LogP contribution is 2.36. The van der Waals surface area contributed by atoms with E-state index < -0.39 is 0 Å². The van der Waals surface area contributed by atoms with Gasteiger partial charge < -0.3 is 19.3 Å². The van der Waals surface area contributed by atoms with Crippen molar-refractivity contribution < 1.29 is 18.8 Å². The third-order valence-corrected chi connectivity index (χ3v) is 6.23. The average Bonchev–Trinajstić information content (AvgIpc) is 3.45. The van der Waals surface area contributed by atoms with E-state index in [0.29, 0.717) is 53.4 Å². The molecule has 0 saturated heterocycles. The first-order chi connectivity index (χ1) is 16.6. The van der Waals surface area contributed by atoms with Gasteiger partial charge in [0.15, 0.2) is 11.5 Å². The molecular weight excluding hydrogens is 434 g/mol. The van der Waals surface area contributed by atoms with Gasteiger partial charge in [-0.3, -0.25) is 4.79 Å². The quantitative estimate of drug-likeness (QED) is 0.470. The fraction of sp³-hybridized carbons (Fsp3) is 0.280. The Morgan fingerprint density at radius 3 is 2.62 bits per heavy atom. The molecule has 0 radical (unpaired) electrons. The minimum absolute atomic E-state index is 0.243. The number of aromatic nitrogens is 4. The van der Waals surface area contributed by atoms with Gasteiger partial charge in [0.2, 0.25) is 11.7 Å². The van der Waals surface area contributed by atoms with E-state index in [1.54, 1.807) is 29.1 Å². The van der Waals surface area contributed by atoms with Crippen LogP contribution < -0.4 is 14.8 Å². The van der Waals surface area contributed by atoms with Crippen LogP contribution in [-0.4, -0.2) is 39.0 Å². The summed E-state index contributed by atoms with van der Waals surface area (Å²) in [7, 11) is 0. The molecule has 0 spiro atoms. The molecule has 0 bridgehead atoms. The molecule has 2 aliphatic rings. The van der Waals surface area contributed by atoms with E-state index in [9.17, 15) is 4.79 Å². The van der Waals surface area contributed by atoms with Gasteiger partial charge in [-0.25, -0.2) is 4.68 Å². The number of carbonyl (C=O) groups excluding carboxylic acids is 1. The molecule has 172 valence electrons. The first-order valence-electron chi connectivity index (χ1n) is 11.4. The number of fused-ring (bicyclic) bond motifs is 1. The van der Waals surface area contributed by atoms with E-state index in [-0.39, 0.29) is 5.91 Å². The van der Waals surface area contributed by atoms with Crippen LogP contribution in [0.3, 0.4) is 0 Å². The van der Waals surface area contributed by atoms with Gasteiger partial charge in [0.05, 0.1) is 16.9 Å². The highest BCUT2D eigenvalue weighted by atomic mass is 16.6. The van der Waals surface area contributed by atoms with Crippen molar-refractivity contribution in [1.82, 2.24) is 19.9 Å². The van der Waals surface area contributed by atoms with E-state index in [4.69, 9.17) is 14.0 Å². The second kappa shape index (κ2) is 8.33. The molecular formula is C25H23N5O4. The molecule has 9 nitrogen and oxygen atoms in total. The molecule has 0 atom stereocenters. The van der Waals surface area contributed by atoms with Gasteiger partial charge in [0.1, 0.15) is 13.2 Å². The lowest BCUT2D eigenvalue weighted by Crippen LogP contribution is -2.16. The van der Waals surface area contributed by atoms with Crippen LogP contribution in [0.4, 0.5) is 5.69 Å². The Morgan fingerprint density at radius 1 is 1.06 bits per heavy atom. The highest BCUT2D eigenvalue weighted by Gasteiger charge is 2.25. The summed E-state index contributed by atoms with van der Waals surface area (Å²) in [6.07, 6.45) is 5.17. The first-order valence-corrected chi connectivity index (χ1v) is 11.4. The molecule has 6 rings (SSSR count). The van der Waals surface area contributed by atoms with E-state index in [1.807, 2.05) is 31.2 Å². The van der Waals surface area contributed by atoms with Crippen LogP contribution in [0, 0.1) is 6.92 Å². The standard InChI is InChI=1S/C25H23N5O4/c1-15-20(24(31)26-18-7-10-21-22(13-18)33-12-11-32-21)14-30(28-15)19-8-5-16(6-9-19)23-27-25(34-29-23)17-3-2-4-17/h5-10,13-14,17H,2-4,11-12H2,1H3,(H,26,31). The summed E-state index contributed by atoms with van der Waals surface area (Å²) in [4.78, 5) is 17.5. The first kappa shape index (κ1) is 20.5. The Bertz CT molecular complexity index is 1350. The van der Waals surface area contributed by atoms with E-state index in [1.165, 1.54) is 6.42 Å². The average molecular weight is 457 g/mol. The Hall–Kier alpha value is -4.14. The summed E-state index contributed by atoms with van der Waals surface area (Å²) >= 11 is 0. The molecule has 1 aliphatic heterocycles. The lowest BCUT2D eigenvalue weighted by atomic mass is 9.85. The number of rotatable bonds is 5. The van der Waals surface area contributed by atoms with Crippen molar-refractivity contribution in [3.8, 4) is 28.6 Å². The van der Waals surface area contributed by atoms with E-state index in [0.717, 1.165) is 30.0 Å². The third-order valence-electron chi connectivity index (χ3n) is 6.23. The van der Waals surface area contributed by atoms with Crippen LogP contribution in [0.25, 0.3) is 17.1 Å². The smallest absolute Gasteiger partial charge is 0.259 e. The number of aryl methyl sites for hydroxylation is 1. The normalized spacial score (nSPS) is 15.1. The highest BCUT2D eigenvalue weighted by molar-refractivity contribution is 6.05. The summed E-state index contributed by atoms with van der Waals surface area (Å²) in [5, 5.41) is 11.6. The molecule has 1 amide bonds. The van der Waals surface area contributed by atoms with Gasteiger partial charge in [-0.1, -0.05) is 11.6 Å². The maximum absolute atomic E-state index is 12.9. The van der Waals surface area contributed by atoms with Crippen LogP contribution in [0.1, 0.15) is 47.1 Å². The number of hydrogen-bond donors (Lipinski definition) is 1. The Morgan fingerprint density at radius 2 is 1.85 bits per heavy atom. The van der Waals surface area contributed by atoms with Crippen LogP contribution in [0.15, 0.2) is 53.2 Å². The van der Waals surface area contributed by atoms with Crippen LogP contribution in [0.2, 0.25) is 0 Å². The van der Waals surface area contributed by atoms with Gasteiger partial charge in [0, 0.05) is 29.4 Å². The van der Waals surface area contributed by atoms with Crippen molar-refractivity contribution in [3.63, 3.8) is 0 Å². The topological polar surface area (TPSA) is 104 Å². The zero-order valence-corrected chi connectivity index (χ0v) is 18.7. The predicted octanol–water partition coefficient (Wildman–Crippen LogP) is 4.52. The Kier molecular flexibility index (Phi) is 5.01. The lowest BCUT2D eigenvalue weighted by Gasteiger charge is -2.20. The van der Waals surface area contributed by atoms with Crippen LogP contribution in [-0.2, 0) is 0 Å². The largest absolute Gasteiger partial charge is 0.486 e. The number of nitrogens with one attached hydrogen (secondary N) is 1. The minimum atomic E-state index is -0.243. The molecule has 1 aliphatic carbocycles. The van der Waals surface area contributed by atoms with Crippen molar-refractivity contribution in [2.24, 2.45) is 0 Å². The maximum atomic E-state index is 12.9. The van der Waals surface area contributed by atoms with Gasteiger partial charge >= 0.3 is 0 Å². The van der Waals surface area contributed by atoms with Gasteiger partial charge in [-0.2, -0.15) is 10.1 Å². The van der Waals surface area contributed by atoms with Gasteiger partial charge in [-0.05, 0) is 56.2 Å². The second-order valence-corrected chi connectivity index (χ2v) is 8.52. The number of benzene rings is 2. The molecule has 1 fully saturated rings. The number of carbonyl (C=O) groups is 1. The summed E-state index contributed by atoms with van der Waals surface area (Å²) < 4.78 is 18.2. The fourth-order valence-electron chi connectivity index (χ4n) is 4.07. The third kappa shape index (κ3) is 3.79. The van der Waals surface area contributed by atoms with Gasteiger partial charge in [-0.15, -0.1) is 0 Å². The molecule has 4 aromatic rings. The fourth-order valence-corrected chi connectivity index (χ4v) is 4.07. The molecule has 2 aromatic heterocycles. The summed E-state index contributed by atoms with van der Waals surface area (Å²) in [6.45, 7) is 2.82. The second-order valence-electron chi connectivity index (χ2n) is 8.52. The number of anilines is 1. The number of nitrogens with zero attached hydrogens (tertiary/aromatic N) is 4. The van der Waals surface area contributed by atoms with Gasteiger partial charge in [0.25, 0.3) is 5.91 Å². The minimum Gasteiger partial charge on any atom is -0.486 e. The Labute approximate surface area is 195 Å². The van der Waals surface area contributed by atoms with Crippen molar-refractivity contribution >= 4 is 11.6 Å². The zero-order chi connectivity index (χ0) is 23.1. The lowest BCUT2D eigenvalue weighted by molar-refractivity contribution is 0.102. The SMILES string of the molecule is Cc1nn(-c2ccc(-c3noc(C4CCC4)n3)cc2)cc1C(=O)Nc1ccc2c(c1)OCCO2. The number of ether oxygens (including phenoxy) is 2. The molecule has 2 aromatic carbocycles. The molecule has 0 unspecified atom stereocenters. The number of hydrogen-bond acceptors (Lipinski definition) is 7. The summed E-state index contributed by atoms with van der Waals surface area (Å²) in [6, 6.07) is 13.0. The predicted molar refractivity (Wildman–Crippen MR) is 124 cm³/mol. The molecule has 1 saturated carbocycles. The molecule has 34 heavy (non-hydrogen) atoms. The molecule has 1 N–H and O–H groups in total. The summed E-state index contributed by atoms with van der Waals surface area (Å²) in [5.74, 6) is 2.77. The zero-order valence-electron chi connectivity index (χ0n) is 18.7. The van der Waals surface area contributed by atoms with Crippen molar-refractivity contribution in [2.45, 2.75) is 32.1 Å². The molecule has 9 heteroatoms. The molecule has 3 heterocycles. The van der Waals surface area contributed by atoms with Crippen molar-refractivity contribution in [2.75, 3.05) is 18.5 Å². The van der Waals surface area contributed by atoms with E-state index in [2.05, 4.69) is 20.6 Å². The van der Waals surface area contributed by atoms with Crippen molar-refractivity contribution in [1.29, 1.82) is 0 Å². The van der Waals surface area contributed by atoms with Crippen molar-refractivity contribution in [3.05, 3.63) is 65.8 Å². The Balaban J connectivity index is 1.18. The van der Waals surface area contributed by atoms with Crippen LogP contribution >= 0.6 is 0 Å². The number of amides is 1. The maximum Gasteiger partial charge on any atom is 0.259 e. The van der Waals surface area contributed by atoms with E-state index >= 15 is 0 Å². The summed E-state index contributed by atoms with van der Waals surface area (Å²) in [5.41, 5.74) is 3.45. The monoisotopic (exact) mass is 457 g/mol. The van der Waals surface area contributed by atoms with Crippen LogP contribution in [0.5, 0.6) is 11.5 Å².